The van der Waals surface area contributed by atoms with E-state index in [-0.39, 0.29) is 24.3 Å². The van der Waals surface area contributed by atoms with Gasteiger partial charge >= 0.3 is 0 Å². The van der Waals surface area contributed by atoms with Gasteiger partial charge in [0.05, 0.1) is 0 Å². The van der Waals surface area contributed by atoms with Crippen molar-refractivity contribution >= 4 is 46.8 Å². The van der Waals surface area contributed by atoms with Gasteiger partial charge in [-0.15, -0.1) is 0 Å². The number of rotatable bonds is 12. The van der Waals surface area contributed by atoms with Crippen LogP contribution < -0.4 is 9.80 Å². The molecule has 1 atom stereocenters. The lowest BCUT2D eigenvalue weighted by molar-refractivity contribution is -0.145. The molecule has 0 radical (unpaired) electrons. The van der Waals surface area contributed by atoms with Gasteiger partial charge in [0.2, 0.25) is 17.7 Å². The molecule has 0 N–H and O–H groups in total. The third-order valence-corrected chi connectivity index (χ3v) is 10.7. The number of halogens is 1. The van der Waals surface area contributed by atoms with Crippen LogP contribution in [-0.2, 0) is 33.9 Å². The van der Waals surface area contributed by atoms with Crippen LogP contribution in [0.3, 0.4) is 0 Å². The van der Waals surface area contributed by atoms with Gasteiger partial charge in [-0.25, -0.2) is 0 Å². The first-order valence-electron chi connectivity index (χ1n) is 18.8. The van der Waals surface area contributed by atoms with E-state index < -0.39 is 6.04 Å². The molecule has 2 aliphatic rings. The molecule has 9 nitrogen and oxygen atoms in total. The summed E-state index contributed by atoms with van der Waals surface area (Å²) in [4.78, 5) is 53.2. The molecule has 0 aliphatic carbocycles. The standard InChI is InChI=1S/C44H51ClN6O3/c1-34(52)48-27-29-49(30-28-48)41-20-13-38(14-21-41)33-51(43(53)22-15-35-9-16-39(45)17-10-35)42(31-36-7-5-4-6-8-36)44(54)50-25-23-47(24-26-50)32-37-11-18-40(19-12-37)46(2)3/h4-22,42H,23-33H2,1-3H3/b22-15-/t42-/m0/s1. The minimum atomic E-state index is -0.709. The molecule has 3 amide bonds. The molecule has 282 valence electrons. The van der Waals surface area contributed by atoms with Gasteiger partial charge in [-0.2, -0.15) is 0 Å². The maximum absolute atomic E-state index is 14.7. The zero-order valence-electron chi connectivity index (χ0n) is 31.6. The van der Waals surface area contributed by atoms with Crippen molar-refractivity contribution < 1.29 is 14.4 Å². The number of carbonyl (C=O) groups is 3. The summed E-state index contributed by atoms with van der Waals surface area (Å²) >= 11 is 6.12. The zero-order valence-corrected chi connectivity index (χ0v) is 32.4. The zero-order chi connectivity index (χ0) is 38.0. The Kier molecular flexibility index (Phi) is 13.1. The fourth-order valence-corrected chi connectivity index (χ4v) is 7.26. The topological polar surface area (TPSA) is 70.6 Å². The van der Waals surface area contributed by atoms with Gasteiger partial charge in [0, 0.05) is 115 Å². The van der Waals surface area contributed by atoms with Crippen molar-refractivity contribution in [3.05, 3.63) is 136 Å². The van der Waals surface area contributed by atoms with Crippen LogP contribution in [-0.4, -0.2) is 110 Å². The molecular formula is C44H51ClN6O3. The Morgan fingerprint density at radius 2 is 1.31 bits per heavy atom. The molecule has 0 saturated carbocycles. The van der Waals surface area contributed by atoms with Gasteiger partial charge in [-0.05, 0) is 64.7 Å². The van der Waals surface area contributed by atoms with E-state index in [9.17, 15) is 14.4 Å². The third kappa shape index (κ3) is 10.3. The highest BCUT2D eigenvalue weighted by molar-refractivity contribution is 6.30. The summed E-state index contributed by atoms with van der Waals surface area (Å²) in [6.07, 6.45) is 3.75. The van der Waals surface area contributed by atoms with Crippen LogP contribution in [0, 0.1) is 0 Å². The Balaban J connectivity index is 1.22. The largest absolute Gasteiger partial charge is 0.378 e. The molecule has 2 saturated heterocycles. The molecule has 54 heavy (non-hydrogen) atoms. The molecule has 2 fully saturated rings. The lowest BCUT2D eigenvalue weighted by Gasteiger charge is -2.39. The number of benzene rings is 4. The van der Waals surface area contributed by atoms with E-state index in [0.717, 1.165) is 55.1 Å². The summed E-state index contributed by atoms with van der Waals surface area (Å²) in [5.41, 5.74) is 6.27. The molecule has 0 bridgehead atoms. The number of hydrogen-bond donors (Lipinski definition) is 0. The second kappa shape index (κ2) is 18.3. The van der Waals surface area contributed by atoms with Crippen LogP contribution in [0.4, 0.5) is 11.4 Å². The second-order valence-electron chi connectivity index (χ2n) is 14.4. The Morgan fingerprint density at radius 1 is 0.704 bits per heavy atom. The van der Waals surface area contributed by atoms with Crippen molar-refractivity contribution in [1.29, 1.82) is 0 Å². The lowest BCUT2D eigenvalue weighted by atomic mass is 10.0. The highest BCUT2D eigenvalue weighted by Crippen LogP contribution is 2.23. The van der Waals surface area contributed by atoms with Crippen molar-refractivity contribution in [3.8, 4) is 0 Å². The fraction of sp³-hybridized carbons (Fsp3) is 0.341. The summed E-state index contributed by atoms with van der Waals surface area (Å²) in [5, 5.41) is 0.625. The van der Waals surface area contributed by atoms with Gasteiger partial charge in [-0.3, -0.25) is 19.3 Å². The van der Waals surface area contributed by atoms with E-state index in [1.165, 1.54) is 11.3 Å². The molecule has 6 rings (SSSR count). The highest BCUT2D eigenvalue weighted by atomic mass is 35.5. The van der Waals surface area contributed by atoms with Crippen molar-refractivity contribution in [2.24, 2.45) is 0 Å². The number of hydrogen-bond acceptors (Lipinski definition) is 6. The van der Waals surface area contributed by atoms with Crippen molar-refractivity contribution in [3.63, 3.8) is 0 Å². The SMILES string of the molecule is CC(=O)N1CCN(c2ccc(CN(C(=O)/C=C\c3ccc(Cl)cc3)[C@@H](Cc3ccccc3)C(=O)N3CCN(Cc4ccc(N(C)C)cc4)CC3)cc2)CC1. The monoisotopic (exact) mass is 746 g/mol. The predicted octanol–water partition coefficient (Wildman–Crippen LogP) is 6.07. The molecular weight excluding hydrogens is 696 g/mol. The number of amides is 3. The van der Waals surface area contributed by atoms with Gasteiger partial charge in [0.1, 0.15) is 6.04 Å². The van der Waals surface area contributed by atoms with E-state index in [1.54, 1.807) is 36.1 Å². The summed E-state index contributed by atoms with van der Waals surface area (Å²) in [7, 11) is 4.08. The van der Waals surface area contributed by atoms with Crippen molar-refractivity contribution in [1.82, 2.24) is 19.6 Å². The molecule has 0 aromatic heterocycles. The van der Waals surface area contributed by atoms with Gasteiger partial charge in [0.25, 0.3) is 0 Å². The lowest BCUT2D eigenvalue weighted by Crippen LogP contribution is -2.56. The summed E-state index contributed by atoms with van der Waals surface area (Å²) in [6, 6.07) is 33.4. The summed E-state index contributed by atoms with van der Waals surface area (Å²) < 4.78 is 0. The molecule has 2 heterocycles. The Hall–Kier alpha value is -5.12. The van der Waals surface area contributed by atoms with E-state index in [2.05, 4.69) is 51.1 Å². The first kappa shape index (κ1) is 38.6. The van der Waals surface area contributed by atoms with E-state index in [4.69, 9.17) is 11.6 Å². The molecule has 0 unspecified atom stereocenters. The van der Waals surface area contributed by atoms with Gasteiger partial charge in [0.15, 0.2) is 0 Å². The first-order chi connectivity index (χ1) is 26.1. The van der Waals surface area contributed by atoms with Crippen LogP contribution in [0.15, 0.2) is 109 Å². The smallest absolute Gasteiger partial charge is 0.247 e. The maximum Gasteiger partial charge on any atom is 0.247 e. The van der Waals surface area contributed by atoms with Crippen LogP contribution in [0.5, 0.6) is 0 Å². The van der Waals surface area contributed by atoms with Crippen LogP contribution in [0.1, 0.15) is 29.2 Å². The average molecular weight is 747 g/mol. The minimum absolute atomic E-state index is 0.0398. The highest BCUT2D eigenvalue weighted by Gasteiger charge is 2.34. The third-order valence-electron chi connectivity index (χ3n) is 10.4. The quantitative estimate of drug-likeness (QED) is 0.164. The van der Waals surface area contributed by atoms with Gasteiger partial charge in [-0.1, -0.05) is 78.3 Å². The number of nitrogens with zero attached hydrogens (tertiary/aromatic N) is 6. The number of carbonyl (C=O) groups excluding carboxylic acids is 3. The predicted molar refractivity (Wildman–Crippen MR) is 219 cm³/mol. The van der Waals surface area contributed by atoms with Crippen molar-refractivity contribution in [2.75, 3.05) is 76.3 Å². The van der Waals surface area contributed by atoms with Gasteiger partial charge < -0.3 is 24.5 Å². The molecule has 0 spiro atoms. The fourth-order valence-electron chi connectivity index (χ4n) is 7.13. The van der Waals surface area contributed by atoms with Crippen LogP contribution in [0.25, 0.3) is 6.08 Å². The molecule has 10 heteroatoms. The minimum Gasteiger partial charge on any atom is -0.378 e. The molecule has 4 aromatic carbocycles. The van der Waals surface area contributed by atoms with E-state index in [0.29, 0.717) is 37.6 Å². The molecule has 4 aromatic rings. The molecule has 2 aliphatic heterocycles. The Morgan fingerprint density at radius 3 is 1.93 bits per heavy atom. The summed E-state index contributed by atoms with van der Waals surface area (Å²) in [5.74, 6) is -0.169. The number of anilines is 2. The second-order valence-corrected chi connectivity index (χ2v) is 14.8. The van der Waals surface area contributed by atoms with Crippen LogP contribution in [0.2, 0.25) is 5.02 Å². The average Bonchev–Trinajstić information content (AvgIpc) is 3.20. The maximum atomic E-state index is 14.7. The Bertz CT molecular complexity index is 1870. The normalized spacial score (nSPS) is 15.7. The summed E-state index contributed by atoms with van der Waals surface area (Å²) in [6.45, 7) is 8.33. The number of piperazine rings is 2. The Labute approximate surface area is 325 Å². The van der Waals surface area contributed by atoms with Crippen molar-refractivity contribution in [2.45, 2.75) is 32.5 Å². The van der Waals surface area contributed by atoms with E-state index in [1.807, 2.05) is 78.5 Å². The van der Waals surface area contributed by atoms with Crippen LogP contribution >= 0.6 is 11.6 Å². The van der Waals surface area contributed by atoms with E-state index >= 15 is 0 Å². The first-order valence-corrected chi connectivity index (χ1v) is 19.2.